The molecule has 1 atom stereocenters. The zero-order valence-corrected chi connectivity index (χ0v) is 11.9. The second kappa shape index (κ2) is 6.74. The van der Waals surface area contributed by atoms with Crippen LogP contribution in [-0.4, -0.2) is 63.2 Å². The van der Waals surface area contributed by atoms with E-state index in [0.29, 0.717) is 19.5 Å². The van der Waals surface area contributed by atoms with E-state index < -0.39 is 16.0 Å². The van der Waals surface area contributed by atoms with Gasteiger partial charge < -0.3 is 14.4 Å². The molecule has 0 aromatic rings. The highest BCUT2D eigenvalue weighted by Gasteiger charge is 2.29. The van der Waals surface area contributed by atoms with Gasteiger partial charge in [0.1, 0.15) is 6.10 Å². The van der Waals surface area contributed by atoms with Crippen LogP contribution < -0.4 is 0 Å². The molecule has 1 unspecified atom stereocenters. The molecule has 1 heterocycles. The molecule has 0 saturated carbocycles. The topological polar surface area (TPSA) is 90.0 Å². The Hall–Kier alpha value is -1.31. The van der Waals surface area contributed by atoms with E-state index in [1.807, 2.05) is 0 Å². The molecule has 0 aromatic heterocycles. The Bertz CT molecular complexity index is 432. The fourth-order valence-corrected chi connectivity index (χ4v) is 2.55. The molecule has 7 nitrogen and oxygen atoms in total. The van der Waals surface area contributed by atoms with Gasteiger partial charge in [-0.1, -0.05) is 6.92 Å². The number of rotatable bonds is 5. The van der Waals surface area contributed by atoms with Crippen molar-refractivity contribution in [2.75, 3.05) is 31.7 Å². The average Bonchev–Trinajstić information content (AvgIpc) is 2.84. The predicted octanol–water partition coefficient (Wildman–Crippen LogP) is 0.195. The van der Waals surface area contributed by atoms with Crippen molar-refractivity contribution >= 4 is 21.9 Å². The smallest absolute Gasteiger partial charge is 0.438 e. The van der Waals surface area contributed by atoms with Crippen molar-refractivity contribution in [1.82, 2.24) is 4.90 Å². The van der Waals surface area contributed by atoms with E-state index >= 15 is 0 Å². The number of ether oxygens (including phenoxy) is 2. The normalized spacial score (nSPS) is 19.3. The monoisotopic (exact) mass is 293 g/mol. The van der Waals surface area contributed by atoms with Gasteiger partial charge in [-0.05, 0) is 0 Å². The molecule has 0 radical (unpaired) electrons. The third kappa shape index (κ3) is 5.06. The largest absolute Gasteiger partial charge is 0.508 e. The lowest BCUT2D eigenvalue weighted by Crippen LogP contribution is -2.32. The van der Waals surface area contributed by atoms with Crippen LogP contribution in [0.2, 0.25) is 0 Å². The molecular formula is C11H19NO6S. The molecule has 0 aliphatic carbocycles. The summed E-state index contributed by atoms with van der Waals surface area (Å²) in [6.45, 7) is 2.31. The zero-order chi connectivity index (χ0) is 14.5. The standard InChI is InChI=1S/C11H19NO6S/c1-3-19(15,16)7-5-10(13)12-6-4-9(8-12)18-11(14)17-2/h9H,3-8H2,1-2H3. The first-order chi connectivity index (χ1) is 8.88. The van der Waals surface area contributed by atoms with Crippen LogP contribution in [0.5, 0.6) is 0 Å². The lowest BCUT2D eigenvalue weighted by molar-refractivity contribution is -0.130. The number of sulfone groups is 1. The first-order valence-electron chi connectivity index (χ1n) is 6.10. The van der Waals surface area contributed by atoms with Gasteiger partial charge in [0.05, 0.1) is 19.4 Å². The minimum absolute atomic E-state index is 0.0267. The van der Waals surface area contributed by atoms with Crippen molar-refractivity contribution in [1.29, 1.82) is 0 Å². The van der Waals surface area contributed by atoms with Crippen molar-refractivity contribution in [2.24, 2.45) is 0 Å². The maximum atomic E-state index is 11.8. The fourth-order valence-electron chi connectivity index (χ4n) is 1.78. The van der Waals surface area contributed by atoms with Gasteiger partial charge in [-0.2, -0.15) is 0 Å². The van der Waals surface area contributed by atoms with Gasteiger partial charge in [-0.3, -0.25) is 4.79 Å². The van der Waals surface area contributed by atoms with Crippen molar-refractivity contribution in [2.45, 2.75) is 25.9 Å². The van der Waals surface area contributed by atoms with Crippen molar-refractivity contribution < 1.29 is 27.5 Å². The van der Waals surface area contributed by atoms with Gasteiger partial charge in [0.2, 0.25) is 5.91 Å². The predicted molar refractivity (Wildman–Crippen MR) is 67.4 cm³/mol. The number of amides is 1. The minimum atomic E-state index is -3.13. The summed E-state index contributed by atoms with van der Waals surface area (Å²) >= 11 is 0. The van der Waals surface area contributed by atoms with Crippen LogP contribution >= 0.6 is 0 Å². The molecule has 1 fully saturated rings. The molecule has 1 aliphatic rings. The molecule has 19 heavy (non-hydrogen) atoms. The Kier molecular flexibility index (Phi) is 5.59. The van der Waals surface area contributed by atoms with E-state index in [1.54, 1.807) is 6.92 Å². The summed E-state index contributed by atoms with van der Waals surface area (Å²) in [6, 6.07) is 0. The van der Waals surface area contributed by atoms with Gasteiger partial charge in [0, 0.05) is 25.1 Å². The Balaban J connectivity index is 2.38. The van der Waals surface area contributed by atoms with Crippen molar-refractivity contribution in [3.05, 3.63) is 0 Å². The third-order valence-electron chi connectivity index (χ3n) is 2.99. The number of hydrogen-bond acceptors (Lipinski definition) is 6. The lowest BCUT2D eigenvalue weighted by Gasteiger charge is -2.16. The third-order valence-corrected chi connectivity index (χ3v) is 4.70. The molecule has 8 heteroatoms. The molecule has 110 valence electrons. The SMILES string of the molecule is CCS(=O)(=O)CCC(=O)N1CCC(OC(=O)OC)C1. The van der Waals surface area contributed by atoms with Crippen molar-refractivity contribution in [3.63, 3.8) is 0 Å². The first kappa shape index (κ1) is 15.7. The second-order valence-electron chi connectivity index (χ2n) is 4.31. The van der Waals surface area contributed by atoms with Crippen LogP contribution in [0.1, 0.15) is 19.8 Å². The second-order valence-corrected chi connectivity index (χ2v) is 6.78. The average molecular weight is 293 g/mol. The summed E-state index contributed by atoms with van der Waals surface area (Å²) in [4.78, 5) is 24.2. The highest BCUT2D eigenvalue weighted by Crippen LogP contribution is 2.14. The molecule has 0 bridgehead atoms. The van der Waals surface area contributed by atoms with Crippen LogP contribution in [0.25, 0.3) is 0 Å². The molecule has 0 N–H and O–H groups in total. The van der Waals surface area contributed by atoms with Gasteiger partial charge in [0.15, 0.2) is 9.84 Å². The van der Waals surface area contributed by atoms with Crippen molar-refractivity contribution in [3.8, 4) is 0 Å². The number of carbonyl (C=O) groups excluding carboxylic acids is 2. The summed E-state index contributed by atoms with van der Waals surface area (Å²) < 4.78 is 31.9. The molecule has 1 amide bonds. The van der Waals surface area contributed by atoms with Crippen LogP contribution in [-0.2, 0) is 24.1 Å². The molecule has 1 aliphatic heterocycles. The zero-order valence-electron chi connectivity index (χ0n) is 11.1. The minimum Gasteiger partial charge on any atom is -0.438 e. The molecule has 0 spiro atoms. The van der Waals surface area contributed by atoms with E-state index in [0.717, 1.165) is 0 Å². The van der Waals surface area contributed by atoms with E-state index in [-0.39, 0.29) is 29.9 Å². The maximum Gasteiger partial charge on any atom is 0.508 e. The van der Waals surface area contributed by atoms with Gasteiger partial charge in [-0.15, -0.1) is 0 Å². The van der Waals surface area contributed by atoms with Crippen LogP contribution in [0.3, 0.4) is 0 Å². The summed E-state index contributed by atoms with van der Waals surface area (Å²) in [5.74, 6) is -0.330. The summed E-state index contributed by atoms with van der Waals surface area (Å²) in [5, 5.41) is 0. The van der Waals surface area contributed by atoms with Gasteiger partial charge in [0.25, 0.3) is 0 Å². The van der Waals surface area contributed by atoms with E-state index in [4.69, 9.17) is 4.74 Å². The fraction of sp³-hybridized carbons (Fsp3) is 0.818. The number of methoxy groups -OCH3 is 1. The van der Waals surface area contributed by atoms with Gasteiger partial charge in [-0.25, -0.2) is 13.2 Å². The van der Waals surface area contributed by atoms with Gasteiger partial charge >= 0.3 is 6.16 Å². The van der Waals surface area contributed by atoms with E-state index in [1.165, 1.54) is 12.0 Å². The van der Waals surface area contributed by atoms with Crippen LogP contribution in [0.15, 0.2) is 0 Å². The number of carbonyl (C=O) groups is 2. The molecular weight excluding hydrogens is 274 g/mol. The highest BCUT2D eigenvalue weighted by molar-refractivity contribution is 7.91. The Labute approximate surface area is 112 Å². The van der Waals surface area contributed by atoms with E-state index in [9.17, 15) is 18.0 Å². The number of hydrogen-bond donors (Lipinski definition) is 0. The molecule has 0 aromatic carbocycles. The van der Waals surface area contributed by atoms with E-state index in [2.05, 4.69) is 4.74 Å². The summed E-state index contributed by atoms with van der Waals surface area (Å²) in [7, 11) is -1.92. The Morgan fingerprint density at radius 1 is 1.37 bits per heavy atom. The van der Waals surface area contributed by atoms with Crippen LogP contribution in [0, 0.1) is 0 Å². The van der Waals surface area contributed by atoms with Crippen LogP contribution in [0.4, 0.5) is 4.79 Å². The Morgan fingerprint density at radius 3 is 2.63 bits per heavy atom. The number of nitrogens with zero attached hydrogens (tertiary/aromatic N) is 1. The summed E-state index contributed by atoms with van der Waals surface area (Å²) in [6.07, 6.45) is -0.630. The summed E-state index contributed by atoms with van der Waals surface area (Å²) in [5.41, 5.74) is 0. The quantitative estimate of drug-likeness (QED) is 0.672. The lowest BCUT2D eigenvalue weighted by atomic mass is 10.3. The first-order valence-corrected chi connectivity index (χ1v) is 7.93. The highest BCUT2D eigenvalue weighted by atomic mass is 32.2. The molecule has 1 saturated heterocycles. The maximum absolute atomic E-state index is 11.8. The number of likely N-dealkylation sites (tertiary alicyclic amines) is 1. The molecule has 1 rings (SSSR count). The Morgan fingerprint density at radius 2 is 2.05 bits per heavy atom.